The number of halogens is 3. The minimum atomic E-state index is -4.34. The van der Waals surface area contributed by atoms with Crippen LogP contribution in [0.3, 0.4) is 0 Å². The molecule has 17 heavy (non-hydrogen) atoms. The summed E-state index contributed by atoms with van der Waals surface area (Å²) in [6.45, 7) is 4.54. The zero-order valence-corrected chi connectivity index (χ0v) is 10.4. The van der Waals surface area contributed by atoms with E-state index in [9.17, 15) is 23.1 Å². The summed E-state index contributed by atoms with van der Waals surface area (Å²) in [6.07, 6.45) is -4.34. The van der Waals surface area contributed by atoms with Crippen molar-refractivity contribution < 1.29 is 23.1 Å². The van der Waals surface area contributed by atoms with Gasteiger partial charge in [0.2, 0.25) is 5.91 Å². The lowest BCUT2D eigenvalue weighted by atomic mass is 9.86. The predicted octanol–water partition coefficient (Wildman–Crippen LogP) is 0.804. The molecule has 0 saturated heterocycles. The van der Waals surface area contributed by atoms with Gasteiger partial charge in [0.1, 0.15) is 0 Å². The SMILES string of the molecule is CC(C)(O)C(C)(C)NC(=O)CNCC(F)(F)F. The van der Waals surface area contributed by atoms with E-state index in [1.165, 1.54) is 13.8 Å². The quantitative estimate of drug-likeness (QED) is 0.682. The summed E-state index contributed by atoms with van der Waals surface area (Å²) >= 11 is 0. The van der Waals surface area contributed by atoms with Gasteiger partial charge < -0.3 is 15.7 Å². The van der Waals surface area contributed by atoms with Gasteiger partial charge in [-0.15, -0.1) is 0 Å². The van der Waals surface area contributed by atoms with Crippen molar-refractivity contribution in [1.82, 2.24) is 10.6 Å². The summed E-state index contributed by atoms with van der Waals surface area (Å²) in [6, 6.07) is 0. The third kappa shape index (κ3) is 6.48. The lowest BCUT2D eigenvalue weighted by molar-refractivity contribution is -0.130. The predicted molar refractivity (Wildman–Crippen MR) is 57.4 cm³/mol. The van der Waals surface area contributed by atoms with Gasteiger partial charge in [-0.05, 0) is 27.7 Å². The van der Waals surface area contributed by atoms with Crippen LogP contribution in [0.2, 0.25) is 0 Å². The van der Waals surface area contributed by atoms with Crippen LogP contribution in [-0.2, 0) is 4.79 Å². The third-order valence-electron chi connectivity index (χ3n) is 2.59. The van der Waals surface area contributed by atoms with Gasteiger partial charge in [0.15, 0.2) is 0 Å². The Balaban J connectivity index is 4.12. The van der Waals surface area contributed by atoms with E-state index >= 15 is 0 Å². The van der Waals surface area contributed by atoms with Crippen molar-refractivity contribution in [2.45, 2.75) is 45.0 Å². The number of hydrogen-bond acceptors (Lipinski definition) is 3. The molecule has 0 saturated carbocycles. The largest absolute Gasteiger partial charge is 0.401 e. The number of carbonyl (C=O) groups excluding carboxylic acids is 1. The Labute approximate surface area is 98.6 Å². The minimum absolute atomic E-state index is 0.445. The molecule has 0 bridgehead atoms. The highest BCUT2D eigenvalue weighted by molar-refractivity contribution is 5.78. The molecule has 0 heterocycles. The van der Waals surface area contributed by atoms with E-state index in [0.29, 0.717) is 0 Å². The van der Waals surface area contributed by atoms with E-state index < -0.39 is 36.3 Å². The number of amides is 1. The second kappa shape index (κ2) is 5.22. The Bertz CT molecular complexity index is 270. The Morgan fingerprint density at radius 1 is 1.18 bits per heavy atom. The fraction of sp³-hybridized carbons (Fsp3) is 0.900. The van der Waals surface area contributed by atoms with Crippen molar-refractivity contribution in [3.63, 3.8) is 0 Å². The standard InChI is InChI=1S/C10H19F3N2O2/c1-8(2,9(3,4)17)15-7(16)5-14-6-10(11,12)13/h14,17H,5-6H2,1-4H3,(H,15,16). The first-order valence-corrected chi connectivity index (χ1v) is 5.16. The molecule has 0 atom stereocenters. The molecule has 0 rings (SSSR count). The van der Waals surface area contributed by atoms with Gasteiger partial charge >= 0.3 is 6.18 Å². The number of aliphatic hydroxyl groups is 1. The first kappa shape index (κ1) is 16.2. The van der Waals surface area contributed by atoms with Crippen LogP contribution in [0.5, 0.6) is 0 Å². The van der Waals surface area contributed by atoms with Gasteiger partial charge in [-0.3, -0.25) is 4.79 Å². The number of rotatable bonds is 5. The lowest BCUT2D eigenvalue weighted by Crippen LogP contribution is -2.59. The molecule has 3 N–H and O–H groups in total. The topological polar surface area (TPSA) is 61.4 Å². The normalized spacial score (nSPS) is 13.6. The van der Waals surface area contributed by atoms with Crippen molar-refractivity contribution in [3.8, 4) is 0 Å². The molecule has 0 fully saturated rings. The highest BCUT2D eigenvalue weighted by Gasteiger charge is 2.36. The summed E-state index contributed by atoms with van der Waals surface area (Å²) in [4.78, 5) is 11.3. The summed E-state index contributed by atoms with van der Waals surface area (Å²) in [5.74, 6) is -0.596. The van der Waals surface area contributed by atoms with E-state index in [4.69, 9.17) is 0 Å². The van der Waals surface area contributed by atoms with E-state index in [0.717, 1.165) is 0 Å². The van der Waals surface area contributed by atoms with Crippen molar-refractivity contribution >= 4 is 5.91 Å². The zero-order chi connectivity index (χ0) is 13.9. The Morgan fingerprint density at radius 2 is 1.65 bits per heavy atom. The smallest absolute Gasteiger partial charge is 0.388 e. The molecule has 0 unspecified atom stereocenters. The van der Waals surface area contributed by atoms with Crippen LogP contribution in [-0.4, -0.2) is 41.4 Å². The first-order chi connectivity index (χ1) is 7.35. The van der Waals surface area contributed by atoms with Crippen LogP contribution in [0.4, 0.5) is 13.2 Å². The highest BCUT2D eigenvalue weighted by atomic mass is 19.4. The summed E-state index contributed by atoms with van der Waals surface area (Å²) < 4.78 is 35.4. The van der Waals surface area contributed by atoms with Gasteiger partial charge in [-0.2, -0.15) is 13.2 Å². The van der Waals surface area contributed by atoms with Crippen LogP contribution in [0.25, 0.3) is 0 Å². The van der Waals surface area contributed by atoms with Gasteiger partial charge in [0.05, 0.1) is 24.2 Å². The molecule has 4 nitrogen and oxygen atoms in total. The number of nitrogens with one attached hydrogen (secondary N) is 2. The molecule has 0 spiro atoms. The molecule has 0 aliphatic heterocycles. The Hall–Kier alpha value is -0.820. The van der Waals surface area contributed by atoms with Crippen LogP contribution in [0, 0.1) is 0 Å². The molecule has 0 radical (unpaired) electrons. The highest BCUT2D eigenvalue weighted by Crippen LogP contribution is 2.20. The maximum absolute atomic E-state index is 11.8. The monoisotopic (exact) mass is 256 g/mol. The summed E-state index contributed by atoms with van der Waals surface area (Å²) in [5.41, 5.74) is -2.10. The second-order valence-electron chi connectivity index (χ2n) is 4.95. The molecular weight excluding hydrogens is 237 g/mol. The molecule has 0 aliphatic carbocycles. The molecule has 0 aromatic heterocycles. The molecule has 102 valence electrons. The number of hydrogen-bond donors (Lipinski definition) is 3. The maximum atomic E-state index is 11.8. The zero-order valence-electron chi connectivity index (χ0n) is 10.4. The summed E-state index contributed by atoms with van der Waals surface area (Å²) in [7, 11) is 0. The molecule has 0 aliphatic rings. The molecule has 0 aromatic carbocycles. The molecular formula is C10H19F3N2O2. The van der Waals surface area contributed by atoms with Crippen molar-refractivity contribution in [2.24, 2.45) is 0 Å². The van der Waals surface area contributed by atoms with Gasteiger partial charge in [0, 0.05) is 0 Å². The third-order valence-corrected chi connectivity index (χ3v) is 2.59. The van der Waals surface area contributed by atoms with E-state index in [-0.39, 0.29) is 0 Å². The second-order valence-corrected chi connectivity index (χ2v) is 4.95. The fourth-order valence-corrected chi connectivity index (χ4v) is 0.863. The first-order valence-electron chi connectivity index (χ1n) is 5.16. The molecule has 0 aromatic rings. The van der Waals surface area contributed by atoms with E-state index in [1.807, 2.05) is 5.32 Å². The fourth-order valence-electron chi connectivity index (χ4n) is 0.863. The van der Waals surface area contributed by atoms with Crippen LogP contribution >= 0.6 is 0 Å². The van der Waals surface area contributed by atoms with Gasteiger partial charge in [-0.25, -0.2) is 0 Å². The van der Waals surface area contributed by atoms with E-state index in [2.05, 4.69) is 5.32 Å². The van der Waals surface area contributed by atoms with Crippen LogP contribution < -0.4 is 10.6 Å². The van der Waals surface area contributed by atoms with Gasteiger partial charge in [-0.1, -0.05) is 0 Å². The molecule has 7 heteroatoms. The average Bonchev–Trinajstić information content (AvgIpc) is 1.97. The lowest BCUT2D eigenvalue weighted by Gasteiger charge is -2.38. The van der Waals surface area contributed by atoms with Crippen LogP contribution in [0.1, 0.15) is 27.7 Å². The van der Waals surface area contributed by atoms with Crippen molar-refractivity contribution in [1.29, 1.82) is 0 Å². The Morgan fingerprint density at radius 3 is 2.00 bits per heavy atom. The van der Waals surface area contributed by atoms with E-state index in [1.54, 1.807) is 13.8 Å². The summed E-state index contributed by atoms with van der Waals surface area (Å²) in [5, 5.41) is 14.2. The van der Waals surface area contributed by atoms with Crippen LogP contribution in [0.15, 0.2) is 0 Å². The minimum Gasteiger partial charge on any atom is -0.388 e. The van der Waals surface area contributed by atoms with Crippen molar-refractivity contribution in [2.75, 3.05) is 13.1 Å². The number of carbonyl (C=O) groups is 1. The van der Waals surface area contributed by atoms with Crippen molar-refractivity contribution in [3.05, 3.63) is 0 Å². The maximum Gasteiger partial charge on any atom is 0.401 e. The molecule has 1 amide bonds. The Kier molecular flexibility index (Phi) is 4.97. The average molecular weight is 256 g/mol. The number of alkyl halides is 3. The van der Waals surface area contributed by atoms with Gasteiger partial charge in [0.25, 0.3) is 0 Å².